The average molecular weight is 325 g/mol. The largest absolute Gasteiger partial charge is 0.497 e. The molecule has 1 saturated heterocycles. The van der Waals surface area contributed by atoms with Crippen LogP contribution in [0.5, 0.6) is 5.75 Å². The van der Waals surface area contributed by atoms with Gasteiger partial charge in [0.05, 0.1) is 7.11 Å². The van der Waals surface area contributed by atoms with Crippen LogP contribution in [0.1, 0.15) is 12.8 Å². The minimum atomic E-state index is -0.354. The quantitative estimate of drug-likeness (QED) is 0.904. The molecule has 1 heterocycles. The van der Waals surface area contributed by atoms with Crippen molar-refractivity contribution in [3.63, 3.8) is 0 Å². The lowest BCUT2D eigenvalue weighted by atomic mass is 10.2. The fraction of sp³-hybridized carbons (Fsp3) is 0.222. The third-order valence-corrected chi connectivity index (χ3v) is 3.82. The second-order valence-electron chi connectivity index (χ2n) is 5.51. The average Bonchev–Trinajstić information content (AvgIpc) is 3.01. The molecule has 1 fully saturated rings. The van der Waals surface area contributed by atoms with E-state index in [2.05, 4.69) is 10.6 Å². The highest BCUT2D eigenvalue weighted by Crippen LogP contribution is 2.24. The van der Waals surface area contributed by atoms with Crippen molar-refractivity contribution in [2.24, 2.45) is 0 Å². The first-order valence-electron chi connectivity index (χ1n) is 7.78. The molecule has 2 aromatic rings. The molecule has 24 heavy (non-hydrogen) atoms. The smallest absolute Gasteiger partial charge is 0.323 e. The van der Waals surface area contributed by atoms with Gasteiger partial charge in [-0.05, 0) is 36.8 Å². The number of rotatable bonds is 4. The number of anilines is 3. The minimum absolute atomic E-state index is 0.119. The first-order valence-corrected chi connectivity index (χ1v) is 7.78. The van der Waals surface area contributed by atoms with E-state index in [9.17, 15) is 9.59 Å². The van der Waals surface area contributed by atoms with Crippen molar-refractivity contribution in [2.45, 2.75) is 12.8 Å². The minimum Gasteiger partial charge on any atom is -0.497 e. The molecule has 3 amide bonds. The number of hydrogen-bond acceptors (Lipinski definition) is 3. The second-order valence-corrected chi connectivity index (χ2v) is 5.51. The Kier molecular flexibility index (Phi) is 4.65. The lowest BCUT2D eigenvalue weighted by molar-refractivity contribution is -0.117. The van der Waals surface area contributed by atoms with Crippen molar-refractivity contribution < 1.29 is 14.3 Å². The maximum Gasteiger partial charge on any atom is 0.323 e. The first-order chi connectivity index (χ1) is 11.7. The van der Waals surface area contributed by atoms with Crippen LogP contribution in [0.15, 0.2) is 48.5 Å². The first kappa shape index (κ1) is 15.9. The highest BCUT2D eigenvalue weighted by atomic mass is 16.5. The van der Waals surface area contributed by atoms with E-state index in [1.165, 1.54) is 0 Å². The van der Waals surface area contributed by atoms with E-state index in [0.29, 0.717) is 23.5 Å². The molecular formula is C18H19N3O3. The third-order valence-electron chi connectivity index (χ3n) is 3.82. The predicted octanol–water partition coefficient (Wildman–Crippen LogP) is 3.47. The highest BCUT2D eigenvalue weighted by Gasteiger charge is 2.21. The van der Waals surface area contributed by atoms with Crippen molar-refractivity contribution in [3.8, 4) is 5.75 Å². The van der Waals surface area contributed by atoms with Crippen LogP contribution in [0, 0.1) is 0 Å². The SMILES string of the molecule is COc1cccc(NC(=O)Nc2cccc(N3CCCC3=O)c2)c1. The molecule has 1 aliphatic rings. The Balaban J connectivity index is 1.67. The summed E-state index contributed by atoms with van der Waals surface area (Å²) in [5.74, 6) is 0.787. The molecule has 0 aliphatic carbocycles. The fourth-order valence-electron chi connectivity index (χ4n) is 2.67. The van der Waals surface area contributed by atoms with Crippen molar-refractivity contribution in [1.82, 2.24) is 0 Å². The van der Waals surface area contributed by atoms with Gasteiger partial charge in [-0.1, -0.05) is 12.1 Å². The molecule has 0 radical (unpaired) electrons. The summed E-state index contributed by atoms with van der Waals surface area (Å²) < 4.78 is 5.13. The van der Waals surface area contributed by atoms with Crippen LogP contribution in [-0.2, 0) is 4.79 Å². The maximum atomic E-state index is 12.1. The standard InChI is InChI=1S/C18H19N3O3/c1-24-16-8-3-6-14(12-16)20-18(23)19-13-5-2-7-15(11-13)21-10-4-9-17(21)22/h2-3,5-8,11-12H,4,9-10H2,1H3,(H2,19,20,23). The normalized spacial score (nSPS) is 13.7. The zero-order valence-corrected chi connectivity index (χ0v) is 13.4. The molecule has 6 nitrogen and oxygen atoms in total. The zero-order chi connectivity index (χ0) is 16.9. The number of nitrogens with zero attached hydrogens (tertiary/aromatic N) is 1. The number of carbonyl (C=O) groups is 2. The summed E-state index contributed by atoms with van der Waals surface area (Å²) in [6, 6.07) is 14.0. The number of methoxy groups -OCH3 is 1. The number of nitrogens with one attached hydrogen (secondary N) is 2. The van der Waals surface area contributed by atoms with Crippen molar-refractivity contribution in [1.29, 1.82) is 0 Å². The molecule has 0 atom stereocenters. The predicted molar refractivity (Wildman–Crippen MR) is 93.7 cm³/mol. The van der Waals surface area contributed by atoms with Crippen LogP contribution >= 0.6 is 0 Å². The van der Waals surface area contributed by atoms with Gasteiger partial charge in [-0.15, -0.1) is 0 Å². The van der Waals surface area contributed by atoms with Gasteiger partial charge in [-0.25, -0.2) is 4.79 Å². The number of amides is 3. The number of hydrogen-bond donors (Lipinski definition) is 2. The Labute approximate surface area is 140 Å². The number of carbonyl (C=O) groups excluding carboxylic acids is 2. The maximum absolute atomic E-state index is 12.1. The Hall–Kier alpha value is -3.02. The Morgan fingerprint density at radius 3 is 2.46 bits per heavy atom. The Morgan fingerprint density at radius 2 is 1.79 bits per heavy atom. The van der Waals surface area contributed by atoms with Crippen molar-refractivity contribution in [3.05, 3.63) is 48.5 Å². The molecule has 6 heteroatoms. The molecule has 0 unspecified atom stereocenters. The summed E-state index contributed by atoms with van der Waals surface area (Å²) in [7, 11) is 1.57. The molecule has 1 aliphatic heterocycles. The van der Waals surface area contributed by atoms with Gasteiger partial charge in [0, 0.05) is 36.1 Å². The van der Waals surface area contributed by atoms with Crippen LogP contribution in [0.25, 0.3) is 0 Å². The lowest BCUT2D eigenvalue weighted by Crippen LogP contribution is -2.24. The molecule has 2 N–H and O–H groups in total. The van der Waals surface area contributed by atoms with E-state index >= 15 is 0 Å². The van der Waals surface area contributed by atoms with Crippen LogP contribution in [0.2, 0.25) is 0 Å². The van der Waals surface area contributed by atoms with Gasteiger partial charge in [0.2, 0.25) is 5.91 Å². The molecule has 0 bridgehead atoms. The van der Waals surface area contributed by atoms with Gasteiger partial charge < -0.3 is 20.3 Å². The summed E-state index contributed by atoms with van der Waals surface area (Å²) in [6.45, 7) is 0.721. The summed E-state index contributed by atoms with van der Waals surface area (Å²) in [5, 5.41) is 5.53. The van der Waals surface area contributed by atoms with E-state index in [1.807, 2.05) is 12.1 Å². The number of urea groups is 1. The van der Waals surface area contributed by atoms with E-state index in [0.717, 1.165) is 18.7 Å². The third kappa shape index (κ3) is 3.65. The van der Waals surface area contributed by atoms with E-state index < -0.39 is 0 Å². The van der Waals surface area contributed by atoms with Crippen LogP contribution < -0.4 is 20.3 Å². The van der Waals surface area contributed by atoms with Gasteiger partial charge in [-0.3, -0.25) is 4.79 Å². The lowest BCUT2D eigenvalue weighted by Gasteiger charge is -2.17. The van der Waals surface area contributed by atoms with Gasteiger partial charge in [0.25, 0.3) is 0 Å². The van der Waals surface area contributed by atoms with Crippen LogP contribution in [0.4, 0.5) is 21.9 Å². The van der Waals surface area contributed by atoms with Crippen molar-refractivity contribution in [2.75, 3.05) is 29.2 Å². The Morgan fingerprint density at radius 1 is 1.08 bits per heavy atom. The number of benzene rings is 2. The van der Waals surface area contributed by atoms with Crippen LogP contribution in [-0.4, -0.2) is 25.6 Å². The molecule has 2 aromatic carbocycles. The Bertz CT molecular complexity index is 761. The highest BCUT2D eigenvalue weighted by molar-refractivity contribution is 6.01. The topological polar surface area (TPSA) is 70.7 Å². The fourth-order valence-corrected chi connectivity index (χ4v) is 2.67. The van der Waals surface area contributed by atoms with E-state index in [4.69, 9.17) is 4.74 Å². The summed E-state index contributed by atoms with van der Waals surface area (Å²) in [4.78, 5) is 25.7. The number of ether oxygens (including phenoxy) is 1. The van der Waals surface area contributed by atoms with Gasteiger partial charge >= 0.3 is 6.03 Å². The molecule has 0 spiro atoms. The molecule has 3 rings (SSSR count). The van der Waals surface area contributed by atoms with Crippen LogP contribution in [0.3, 0.4) is 0 Å². The second kappa shape index (κ2) is 7.04. The van der Waals surface area contributed by atoms with Gasteiger partial charge in [0.1, 0.15) is 5.75 Å². The molecule has 124 valence electrons. The van der Waals surface area contributed by atoms with E-state index in [1.54, 1.807) is 48.4 Å². The van der Waals surface area contributed by atoms with Gasteiger partial charge in [0.15, 0.2) is 0 Å². The monoisotopic (exact) mass is 325 g/mol. The summed E-state index contributed by atoms with van der Waals surface area (Å²) in [5.41, 5.74) is 2.07. The zero-order valence-electron chi connectivity index (χ0n) is 13.4. The van der Waals surface area contributed by atoms with Gasteiger partial charge in [-0.2, -0.15) is 0 Å². The molecular weight excluding hydrogens is 306 g/mol. The molecule has 0 aromatic heterocycles. The molecule has 0 saturated carbocycles. The van der Waals surface area contributed by atoms with Crippen molar-refractivity contribution >= 4 is 29.0 Å². The van der Waals surface area contributed by atoms with E-state index in [-0.39, 0.29) is 11.9 Å². The summed E-state index contributed by atoms with van der Waals surface area (Å²) in [6.07, 6.45) is 1.45. The summed E-state index contributed by atoms with van der Waals surface area (Å²) >= 11 is 0.